The second-order valence-corrected chi connectivity index (χ2v) is 5.74. The molecule has 0 saturated carbocycles. The molecule has 0 aliphatic rings. The molecule has 0 saturated heterocycles. The van der Waals surface area contributed by atoms with Gasteiger partial charge in [0.05, 0.1) is 0 Å². The van der Waals surface area contributed by atoms with Gasteiger partial charge in [-0.05, 0) is 22.3 Å². The van der Waals surface area contributed by atoms with Crippen LogP contribution in [0.1, 0.15) is 34.2 Å². The standard InChI is InChI=1S/C21H19NO2/c22-20(21(23)24)18-13-7-12-17(14-18)19(15-8-3-1-4-9-15)16-10-5-2-6-11-16/h1-14,19-20H,22H2,(H,23,24)/t20-/m0/s1. The van der Waals surface area contributed by atoms with Crippen LogP contribution in [0, 0.1) is 0 Å². The van der Waals surface area contributed by atoms with E-state index in [4.69, 9.17) is 5.73 Å². The summed E-state index contributed by atoms with van der Waals surface area (Å²) in [5.41, 5.74) is 9.74. The number of carboxylic acids is 1. The van der Waals surface area contributed by atoms with E-state index in [9.17, 15) is 9.90 Å². The van der Waals surface area contributed by atoms with Gasteiger partial charge in [0.25, 0.3) is 0 Å². The Hall–Kier alpha value is -2.91. The largest absolute Gasteiger partial charge is 0.480 e. The molecule has 3 nitrogen and oxygen atoms in total. The second kappa shape index (κ2) is 7.11. The van der Waals surface area contributed by atoms with E-state index in [-0.39, 0.29) is 5.92 Å². The third-order valence-corrected chi connectivity index (χ3v) is 4.13. The predicted octanol–water partition coefficient (Wildman–Crippen LogP) is 3.95. The van der Waals surface area contributed by atoms with E-state index in [1.165, 1.54) is 0 Å². The van der Waals surface area contributed by atoms with E-state index in [2.05, 4.69) is 24.3 Å². The zero-order valence-electron chi connectivity index (χ0n) is 13.2. The van der Waals surface area contributed by atoms with Crippen molar-refractivity contribution in [1.82, 2.24) is 0 Å². The summed E-state index contributed by atoms with van der Waals surface area (Å²) in [5, 5.41) is 9.17. The van der Waals surface area contributed by atoms with Gasteiger partial charge < -0.3 is 10.8 Å². The molecule has 3 heteroatoms. The lowest BCUT2D eigenvalue weighted by Crippen LogP contribution is -2.20. The highest BCUT2D eigenvalue weighted by Gasteiger charge is 2.19. The van der Waals surface area contributed by atoms with Crippen LogP contribution in [0.3, 0.4) is 0 Å². The Bertz CT molecular complexity index is 776. The number of nitrogens with two attached hydrogens (primary N) is 1. The molecule has 0 aromatic heterocycles. The molecule has 3 N–H and O–H groups in total. The van der Waals surface area contributed by atoms with E-state index in [1.807, 2.05) is 54.6 Å². The summed E-state index contributed by atoms with van der Waals surface area (Å²) in [6, 6.07) is 26.9. The molecule has 3 aromatic rings. The quantitative estimate of drug-likeness (QED) is 0.700. The molecule has 120 valence electrons. The van der Waals surface area contributed by atoms with Gasteiger partial charge in [0.1, 0.15) is 6.04 Å². The Morgan fingerprint density at radius 1 is 0.708 bits per heavy atom. The van der Waals surface area contributed by atoms with Crippen LogP contribution < -0.4 is 5.73 Å². The minimum atomic E-state index is -1.02. The third-order valence-electron chi connectivity index (χ3n) is 4.13. The maximum atomic E-state index is 11.2. The summed E-state index contributed by atoms with van der Waals surface area (Å²) in [4.78, 5) is 11.2. The van der Waals surface area contributed by atoms with Crippen LogP contribution in [0.2, 0.25) is 0 Å². The SMILES string of the molecule is N[C@H](C(=O)O)c1cccc(C(c2ccccc2)c2ccccc2)c1. The number of hydrogen-bond donors (Lipinski definition) is 2. The maximum Gasteiger partial charge on any atom is 0.325 e. The van der Waals surface area contributed by atoms with E-state index in [1.54, 1.807) is 6.07 Å². The fourth-order valence-corrected chi connectivity index (χ4v) is 2.94. The first-order valence-corrected chi connectivity index (χ1v) is 7.85. The lowest BCUT2D eigenvalue weighted by molar-refractivity contribution is -0.138. The van der Waals surface area contributed by atoms with Gasteiger partial charge in [0, 0.05) is 5.92 Å². The topological polar surface area (TPSA) is 63.3 Å². The summed E-state index contributed by atoms with van der Waals surface area (Å²) >= 11 is 0. The number of rotatable bonds is 5. The molecular formula is C21H19NO2. The Labute approximate surface area is 141 Å². The first-order chi connectivity index (χ1) is 11.7. The summed E-state index contributed by atoms with van der Waals surface area (Å²) in [5.74, 6) is -0.989. The molecule has 0 fully saturated rings. The van der Waals surface area contributed by atoms with Crippen LogP contribution in [0.25, 0.3) is 0 Å². The third kappa shape index (κ3) is 3.36. The van der Waals surface area contributed by atoms with Crippen LogP contribution in [0.15, 0.2) is 84.9 Å². The van der Waals surface area contributed by atoms with Crippen molar-refractivity contribution in [3.05, 3.63) is 107 Å². The first-order valence-electron chi connectivity index (χ1n) is 7.85. The number of aliphatic carboxylic acids is 1. The van der Waals surface area contributed by atoms with Gasteiger partial charge in [-0.25, -0.2) is 0 Å². The minimum absolute atomic E-state index is 0.0355. The average molecular weight is 317 g/mol. The van der Waals surface area contributed by atoms with Crippen LogP contribution in [0.4, 0.5) is 0 Å². The molecule has 0 amide bonds. The van der Waals surface area contributed by atoms with Gasteiger partial charge in [-0.1, -0.05) is 84.9 Å². The van der Waals surface area contributed by atoms with Crippen molar-refractivity contribution in [2.75, 3.05) is 0 Å². The Kier molecular flexibility index (Phi) is 4.73. The van der Waals surface area contributed by atoms with Gasteiger partial charge in [-0.2, -0.15) is 0 Å². The molecule has 0 aliphatic carbocycles. The highest BCUT2D eigenvalue weighted by atomic mass is 16.4. The van der Waals surface area contributed by atoms with Crippen molar-refractivity contribution in [2.45, 2.75) is 12.0 Å². The summed E-state index contributed by atoms with van der Waals surface area (Å²) < 4.78 is 0. The molecule has 3 rings (SSSR count). The van der Waals surface area contributed by atoms with Gasteiger partial charge in [-0.3, -0.25) is 4.79 Å². The first kappa shape index (κ1) is 16.0. The minimum Gasteiger partial charge on any atom is -0.480 e. The van der Waals surface area contributed by atoms with Crippen LogP contribution >= 0.6 is 0 Å². The Morgan fingerprint density at radius 2 is 1.17 bits per heavy atom. The van der Waals surface area contributed by atoms with E-state index in [0.29, 0.717) is 5.56 Å². The van der Waals surface area contributed by atoms with Gasteiger partial charge >= 0.3 is 5.97 Å². The lowest BCUT2D eigenvalue weighted by atomic mass is 9.84. The highest BCUT2D eigenvalue weighted by Crippen LogP contribution is 2.32. The van der Waals surface area contributed by atoms with Crippen molar-refractivity contribution >= 4 is 5.97 Å². The monoisotopic (exact) mass is 317 g/mol. The molecule has 24 heavy (non-hydrogen) atoms. The smallest absolute Gasteiger partial charge is 0.325 e. The predicted molar refractivity (Wildman–Crippen MR) is 94.8 cm³/mol. The number of hydrogen-bond acceptors (Lipinski definition) is 2. The van der Waals surface area contributed by atoms with Crippen molar-refractivity contribution in [3.63, 3.8) is 0 Å². The average Bonchev–Trinajstić information content (AvgIpc) is 2.63. The molecule has 0 unspecified atom stereocenters. The van der Waals surface area contributed by atoms with Gasteiger partial charge in [0.15, 0.2) is 0 Å². The van der Waals surface area contributed by atoms with Crippen LogP contribution in [-0.2, 0) is 4.79 Å². The number of carbonyl (C=O) groups is 1. The normalized spacial score (nSPS) is 12.1. The van der Waals surface area contributed by atoms with Gasteiger partial charge in [-0.15, -0.1) is 0 Å². The number of carboxylic acid groups (broad SMARTS) is 1. The molecule has 3 aromatic carbocycles. The van der Waals surface area contributed by atoms with E-state index in [0.717, 1.165) is 16.7 Å². The van der Waals surface area contributed by atoms with Crippen LogP contribution in [-0.4, -0.2) is 11.1 Å². The highest BCUT2D eigenvalue weighted by molar-refractivity contribution is 5.75. The number of benzene rings is 3. The van der Waals surface area contributed by atoms with Crippen molar-refractivity contribution in [1.29, 1.82) is 0 Å². The summed E-state index contributed by atoms with van der Waals surface area (Å²) in [6.45, 7) is 0. The van der Waals surface area contributed by atoms with Gasteiger partial charge in [0.2, 0.25) is 0 Å². The van der Waals surface area contributed by atoms with Crippen molar-refractivity contribution in [3.8, 4) is 0 Å². The molecule has 0 radical (unpaired) electrons. The Morgan fingerprint density at radius 3 is 1.67 bits per heavy atom. The fourth-order valence-electron chi connectivity index (χ4n) is 2.94. The van der Waals surface area contributed by atoms with E-state index < -0.39 is 12.0 Å². The van der Waals surface area contributed by atoms with Crippen LogP contribution in [0.5, 0.6) is 0 Å². The Balaban J connectivity index is 2.10. The molecular weight excluding hydrogens is 298 g/mol. The molecule has 0 heterocycles. The molecule has 0 aliphatic heterocycles. The second-order valence-electron chi connectivity index (χ2n) is 5.74. The molecule has 1 atom stereocenters. The zero-order chi connectivity index (χ0) is 16.9. The summed E-state index contributed by atoms with van der Waals surface area (Å²) in [6.07, 6.45) is 0. The van der Waals surface area contributed by atoms with Crippen molar-refractivity contribution < 1.29 is 9.90 Å². The summed E-state index contributed by atoms with van der Waals surface area (Å²) in [7, 11) is 0. The molecule has 0 bridgehead atoms. The van der Waals surface area contributed by atoms with E-state index >= 15 is 0 Å². The zero-order valence-corrected chi connectivity index (χ0v) is 13.2. The molecule has 0 spiro atoms. The van der Waals surface area contributed by atoms with Crippen molar-refractivity contribution in [2.24, 2.45) is 5.73 Å². The maximum absolute atomic E-state index is 11.2. The lowest BCUT2D eigenvalue weighted by Gasteiger charge is -2.20. The fraction of sp³-hybridized carbons (Fsp3) is 0.0952.